The Morgan fingerprint density at radius 2 is 1.36 bits per heavy atom. The van der Waals surface area contributed by atoms with Crippen LogP contribution in [-0.2, 0) is 5.41 Å². The van der Waals surface area contributed by atoms with Gasteiger partial charge in [0.1, 0.15) is 5.75 Å². The Kier molecular flexibility index (Phi) is 4.54. The van der Waals surface area contributed by atoms with E-state index in [1.54, 1.807) is 6.07 Å². The summed E-state index contributed by atoms with van der Waals surface area (Å²) in [6.45, 7) is 8.63. The summed E-state index contributed by atoms with van der Waals surface area (Å²) in [5, 5.41) is 10.6. The number of nitrogens with zero attached hydrogens (tertiary/aromatic N) is 1. The maximum Gasteiger partial charge on any atom is 0.139 e. The van der Waals surface area contributed by atoms with Crippen LogP contribution in [0, 0.1) is 6.92 Å². The van der Waals surface area contributed by atoms with Gasteiger partial charge >= 0.3 is 0 Å². The first kappa shape index (κ1) is 17.1. The van der Waals surface area contributed by atoms with Crippen LogP contribution < -0.4 is 4.90 Å². The number of hydrogen-bond donors (Lipinski definition) is 1. The molecule has 0 atom stereocenters. The average molecular weight is 331 g/mol. The van der Waals surface area contributed by atoms with E-state index in [-0.39, 0.29) is 11.2 Å². The van der Waals surface area contributed by atoms with Crippen molar-refractivity contribution in [2.75, 3.05) is 4.90 Å². The van der Waals surface area contributed by atoms with Crippen molar-refractivity contribution in [3.8, 4) is 5.75 Å². The molecule has 2 nitrogen and oxygen atoms in total. The van der Waals surface area contributed by atoms with Crippen molar-refractivity contribution in [2.24, 2.45) is 0 Å². The highest BCUT2D eigenvalue weighted by atomic mass is 16.3. The zero-order chi connectivity index (χ0) is 18.0. The normalized spacial score (nSPS) is 11.4. The molecule has 1 N–H and O–H groups in total. The van der Waals surface area contributed by atoms with Crippen molar-refractivity contribution in [1.29, 1.82) is 0 Å². The lowest BCUT2D eigenvalue weighted by Crippen LogP contribution is -2.14. The van der Waals surface area contributed by atoms with Gasteiger partial charge in [0.05, 0.1) is 5.69 Å². The predicted molar refractivity (Wildman–Crippen MR) is 106 cm³/mol. The largest absolute Gasteiger partial charge is 0.506 e. The van der Waals surface area contributed by atoms with Gasteiger partial charge in [0.25, 0.3) is 0 Å². The standard InChI is InChI=1S/C23H25NO/c1-17-10-13-20(14-11-17)24(19-8-6-5-7-9-19)21-16-18(23(2,3)4)12-15-22(21)25/h5-16,25H,1-4H3. The number of phenols is 1. The summed E-state index contributed by atoms with van der Waals surface area (Å²) >= 11 is 0. The zero-order valence-electron chi connectivity index (χ0n) is 15.3. The molecular formula is C23H25NO. The van der Waals surface area contributed by atoms with E-state index in [2.05, 4.69) is 75.1 Å². The molecule has 0 aromatic heterocycles. The minimum atomic E-state index is 0.0120. The quantitative estimate of drug-likeness (QED) is 0.594. The summed E-state index contributed by atoms with van der Waals surface area (Å²) in [5.74, 6) is 0.275. The number of aromatic hydroxyl groups is 1. The van der Waals surface area contributed by atoms with Crippen molar-refractivity contribution in [2.45, 2.75) is 33.1 Å². The molecule has 0 aliphatic rings. The molecule has 0 aliphatic heterocycles. The van der Waals surface area contributed by atoms with Crippen LogP contribution >= 0.6 is 0 Å². The fraction of sp³-hybridized carbons (Fsp3) is 0.217. The topological polar surface area (TPSA) is 23.5 Å². The summed E-state index contributed by atoms with van der Waals surface area (Å²) in [4.78, 5) is 2.10. The first-order valence-electron chi connectivity index (χ1n) is 8.61. The zero-order valence-corrected chi connectivity index (χ0v) is 15.3. The summed E-state index contributed by atoms with van der Waals surface area (Å²) in [5.41, 5.74) is 5.25. The monoisotopic (exact) mass is 331 g/mol. The third kappa shape index (κ3) is 3.69. The van der Waals surface area contributed by atoms with E-state index in [0.717, 1.165) is 17.1 Å². The summed E-state index contributed by atoms with van der Waals surface area (Å²) in [6, 6.07) is 24.4. The molecule has 2 heteroatoms. The van der Waals surface area contributed by atoms with Gasteiger partial charge in [-0.1, -0.05) is 62.7 Å². The molecule has 0 aliphatic carbocycles. The van der Waals surface area contributed by atoms with Gasteiger partial charge in [0.15, 0.2) is 0 Å². The average Bonchev–Trinajstić information content (AvgIpc) is 2.58. The molecule has 0 saturated carbocycles. The molecule has 3 aromatic rings. The number of rotatable bonds is 3. The second kappa shape index (κ2) is 6.64. The molecular weight excluding hydrogens is 306 g/mol. The number of phenolic OH excluding ortho intramolecular Hbond substituents is 1. The minimum Gasteiger partial charge on any atom is -0.506 e. The minimum absolute atomic E-state index is 0.0120. The molecule has 0 bridgehead atoms. The smallest absolute Gasteiger partial charge is 0.139 e. The van der Waals surface area contributed by atoms with Crippen molar-refractivity contribution >= 4 is 17.1 Å². The lowest BCUT2D eigenvalue weighted by molar-refractivity contribution is 0.475. The van der Waals surface area contributed by atoms with E-state index in [1.165, 1.54) is 11.1 Å². The van der Waals surface area contributed by atoms with E-state index in [0.29, 0.717) is 0 Å². The summed E-state index contributed by atoms with van der Waals surface area (Å²) in [7, 11) is 0. The molecule has 3 rings (SSSR count). The Balaban J connectivity index is 2.20. The molecule has 0 saturated heterocycles. The van der Waals surface area contributed by atoms with Crippen LogP contribution in [0.3, 0.4) is 0 Å². The molecule has 0 fully saturated rings. The van der Waals surface area contributed by atoms with Crippen LogP contribution in [0.25, 0.3) is 0 Å². The second-order valence-electron chi connectivity index (χ2n) is 7.46. The molecule has 0 amide bonds. The Morgan fingerprint density at radius 1 is 0.760 bits per heavy atom. The van der Waals surface area contributed by atoms with Crippen molar-refractivity contribution in [1.82, 2.24) is 0 Å². The third-order valence-corrected chi connectivity index (χ3v) is 4.39. The molecule has 25 heavy (non-hydrogen) atoms. The van der Waals surface area contributed by atoms with Gasteiger partial charge < -0.3 is 10.0 Å². The Labute approximate surface area is 150 Å². The van der Waals surface area contributed by atoms with Crippen LogP contribution in [0.4, 0.5) is 17.1 Å². The number of benzene rings is 3. The van der Waals surface area contributed by atoms with Crippen molar-refractivity contribution < 1.29 is 5.11 Å². The highest BCUT2D eigenvalue weighted by molar-refractivity contribution is 5.80. The van der Waals surface area contributed by atoms with Gasteiger partial charge in [-0.2, -0.15) is 0 Å². The maximum atomic E-state index is 10.6. The summed E-state index contributed by atoms with van der Waals surface area (Å²) < 4.78 is 0. The molecule has 0 heterocycles. The van der Waals surface area contributed by atoms with Gasteiger partial charge in [0, 0.05) is 11.4 Å². The number of aryl methyl sites for hydroxylation is 1. The molecule has 3 aromatic carbocycles. The third-order valence-electron chi connectivity index (χ3n) is 4.39. The fourth-order valence-electron chi connectivity index (χ4n) is 2.87. The van der Waals surface area contributed by atoms with E-state index >= 15 is 0 Å². The summed E-state index contributed by atoms with van der Waals surface area (Å²) in [6.07, 6.45) is 0. The first-order valence-corrected chi connectivity index (χ1v) is 8.61. The second-order valence-corrected chi connectivity index (χ2v) is 7.46. The Hall–Kier alpha value is -2.74. The van der Waals surface area contributed by atoms with Gasteiger partial charge in [-0.3, -0.25) is 0 Å². The highest BCUT2D eigenvalue weighted by Crippen LogP contribution is 2.41. The van der Waals surface area contributed by atoms with Crippen LogP contribution in [0.2, 0.25) is 0 Å². The number of anilines is 3. The molecule has 128 valence electrons. The van der Waals surface area contributed by atoms with Crippen LogP contribution in [0.15, 0.2) is 72.8 Å². The predicted octanol–water partition coefficient (Wildman–Crippen LogP) is 6.47. The first-order chi connectivity index (χ1) is 11.9. The van der Waals surface area contributed by atoms with E-state index in [9.17, 15) is 5.11 Å². The van der Waals surface area contributed by atoms with Crippen LogP contribution in [0.1, 0.15) is 31.9 Å². The van der Waals surface area contributed by atoms with E-state index < -0.39 is 0 Å². The van der Waals surface area contributed by atoms with Crippen molar-refractivity contribution in [3.05, 3.63) is 83.9 Å². The Morgan fingerprint density at radius 3 is 1.96 bits per heavy atom. The van der Waals surface area contributed by atoms with Crippen molar-refractivity contribution in [3.63, 3.8) is 0 Å². The lowest BCUT2D eigenvalue weighted by atomic mass is 9.86. The molecule has 0 radical (unpaired) electrons. The fourth-order valence-corrected chi connectivity index (χ4v) is 2.87. The SMILES string of the molecule is Cc1ccc(N(c2ccccc2)c2cc(C(C)(C)C)ccc2O)cc1. The van der Waals surface area contributed by atoms with Gasteiger partial charge in [0.2, 0.25) is 0 Å². The highest BCUT2D eigenvalue weighted by Gasteiger charge is 2.20. The molecule has 0 spiro atoms. The van der Waals surface area contributed by atoms with E-state index in [4.69, 9.17) is 0 Å². The van der Waals surface area contributed by atoms with Gasteiger partial charge in [-0.05, 0) is 54.3 Å². The van der Waals surface area contributed by atoms with Gasteiger partial charge in [-0.25, -0.2) is 0 Å². The maximum absolute atomic E-state index is 10.6. The molecule has 0 unspecified atom stereocenters. The van der Waals surface area contributed by atoms with Gasteiger partial charge in [-0.15, -0.1) is 0 Å². The number of para-hydroxylation sites is 1. The lowest BCUT2D eigenvalue weighted by Gasteiger charge is -2.28. The Bertz CT molecular complexity index is 846. The van der Waals surface area contributed by atoms with E-state index in [1.807, 2.05) is 24.3 Å². The van der Waals surface area contributed by atoms with Crippen LogP contribution in [0.5, 0.6) is 5.75 Å². The van der Waals surface area contributed by atoms with Crippen LogP contribution in [-0.4, -0.2) is 5.11 Å². The number of hydrogen-bond acceptors (Lipinski definition) is 2.